The van der Waals surface area contributed by atoms with Crippen LogP contribution in [0, 0.1) is 18.6 Å². The summed E-state index contributed by atoms with van der Waals surface area (Å²) in [7, 11) is 2.14. The number of hydrogen-bond acceptors (Lipinski definition) is 6. The summed E-state index contributed by atoms with van der Waals surface area (Å²) in [5, 5.41) is 0.729. The molecule has 2 saturated heterocycles. The van der Waals surface area contributed by atoms with Gasteiger partial charge in [-0.1, -0.05) is 31.5 Å². The maximum Gasteiger partial charge on any atom is 0.227 e. The molecule has 5 rings (SSSR count). The lowest BCUT2D eigenvalue weighted by Gasteiger charge is -2.39. The van der Waals surface area contributed by atoms with Crippen molar-refractivity contribution >= 4 is 23.3 Å². The first-order chi connectivity index (χ1) is 18.3. The van der Waals surface area contributed by atoms with Crippen LogP contribution in [-0.2, 0) is 0 Å². The molecule has 206 valence electrons. The smallest absolute Gasteiger partial charge is 0.227 e. The van der Waals surface area contributed by atoms with Crippen LogP contribution in [0.4, 0.5) is 8.78 Å². The number of rotatable bonds is 2. The van der Waals surface area contributed by atoms with E-state index in [0.717, 1.165) is 73.9 Å². The Kier molecular flexibility index (Phi) is 11.2. The summed E-state index contributed by atoms with van der Waals surface area (Å²) in [6.07, 6.45) is 6.59. The molecule has 1 aromatic carbocycles. The number of guanidine groups is 1. The molecule has 9 heteroatoms. The third kappa shape index (κ3) is 7.84. The number of aryl methyl sites for hydroxylation is 1. The Morgan fingerprint density at radius 2 is 1.71 bits per heavy atom. The Bertz CT molecular complexity index is 1140. The van der Waals surface area contributed by atoms with Gasteiger partial charge in [-0.25, -0.2) is 13.8 Å². The highest BCUT2D eigenvalue weighted by atomic mass is 35.5. The van der Waals surface area contributed by atoms with E-state index in [1.54, 1.807) is 12.3 Å². The van der Waals surface area contributed by atoms with Gasteiger partial charge in [0.25, 0.3) is 0 Å². The molecular formula is C29H39ClF2N6. The number of aromatic nitrogens is 1. The number of piperazine rings is 1. The number of halogens is 3. The second-order valence-electron chi connectivity index (χ2n) is 9.44. The van der Waals surface area contributed by atoms with Crippen molar-refractivity contribution in [2.75, 3.05) is 39.8 Å². The molecule has 0 bridgehead atoms. The highest BCUT2D eigenvalue weighted by molar-refractivity contribution is 6.31. The molecule has 0 aliphatic carbocycles. The van der Waals surface area contributed by atoms with Crippen molar-refractivity contribution in [3.63, 3.8) is 0 Å². The molecule has 4 heterocycles. The zero-order valence-corrected chi connectivity index (χ0v) is 23.8. The molecule has 0 radical (unpaired) electrons. The van der Waals surface area contributed by atoms with Gasteiger partial charge in [0.05, 0.1) is 16.4 Å². The van der Waals surface area contributed by atoms with Crippen molar-refractivity contribution in [1.29, 1.82) is 0 Å². The zero-order chi connectivity index (χ0) is 27.7. The molecule has 0 spiro atoms. The summed E-state index contributed by atoms with van der Waals surface area (Å²) < 4.78 is 27.2. The topological polar surface area (TPSA) is 47.3 Å². The van der Waals surface area contributed by atoms with Gasteiger partial charge in [-0.3, -0.25) is 4.98 Å². The van der Waals surface area contributed by atoms with Gasteiger partial charge in [-0.05, 0) is 69.6 Å². The van der Waals surface area contributed by atoms with Crippen molar-refractivity contribution in [2.45, 2.75) is 53.0 Å². The molecule has 1 unspecified atom stereocenters. The Morgan fingerprint density at radius 3 is 2.32 bits per heavy atom. The third-order valence-electron chi connectivity index (χ3n) is 6.64. The maximum absolute atomic E-state index is 13.8. The average molecular weight is 545 g/mol. The first-order valence-electron chi connectivity index (χ1n) is 13.4. The molecule has 0 N–H and O–H groups in total. The SMILES string of the molecule is CC.CC1CN(C)CCN1C1=CCC(c2ccc(F)c(F)c2)=NC(N2CCCC2)=N1.Cc1ncccc1Cl. The van der Waals surface area contributed by atoms with Crippen molar-refractivity contribution in [2.24, 2.45) is 9.98 Å². The van der Waals surface area contributed by atoms with Crippen LogP contribution in [0.2, 0.25) is 5.02 Å². The molecule has 1 aromatic heterocycles. The van der Waals surface area contributed by atoms with Crippen molar-refractivity contribution < 1.29 is 8.78 Å². The van der Waals surface area contributed by atoms with E-state index in [9.17, 15) is 8.78 Å². The molecule has 6 nitrogen and oxygen atoms in total. The summed E-state index contributed by atoms with van der Waals surface area (Å²) in [5.74, 6) is -0.0640. The molecule has 1 atom stereocenters. The van der Waals surface area contributed by atoms with Gasteiger partial charge in [-0.15, -0.1) is 0 Å². The fourth-order valence-corrected chi connectivity index (χ4v) is 4.69. The van der Waals surface area contributed by atoms with E-state index in [2.05, 4.69) is 39.7 Å². The number of benzene rings is 1. The van der Waals surface area contributed by atoms with Crippen LogP contribution in [-0.4, -0.2) is 77.2 Å². The second-order valence-corrected chi connectivity index (χ2v) is 9.84. The van der Waals surface area contributed by atoms with Crippen LogP contribution in [0.15, 0.2) is 58.4 Å². The quantitative estimate of drug-likeness (QED) is 0.454. The fraction of sp³-hybridized carbons (Fsp3) is 0.483. The average Bonchev–Trinajstić information content (AvgIpc) is 3.36. The number of allylic oxidation sites excluding steroid dienone is 1. The largest absolute Gasteiger partial charge is 0.351 e. The summed E-state index contributed by atoms with van der Waals surface area (Å²) >= 11 is 5.65. The Morgan fingerprint density at radius 1 is 0.974 bits per heavy atom. The normalized spacial score (nSPS) is 19.8. The van der Waals surface area contributed by atoms with Crippen LogP contribution in [0.5, 0.6) is 0 Å². The molecule has 2 fully saturated rings. The monoisotopic (exact) mass is 544 g/mol. The molecule has 38 heavy (non-hydrogen) atoms. The van der Waals surface area contributed by atoms with Gasteiger partial charge >= 0.3 is 0 Å². The Balaban J connectivity index is 0.000000339. The van der Waals surface area contributed by atoms with Gasteiger partial charge in [0.1, 0.15) is 5.82 Å². The van der Waals surface area contributed by atoms with E-state index in [1.807, 2.05) is 32.9 Å². The van der Waals surface area contributed by atoms with E-state index in [4.69, 9.17) is 21.6 Å². The minimum atomic E-state index is -0.846. The highest BCUT2D eigenvalue weighted by Gasteiger charge is 2.26. The van der Waals surface area contributed by atoms with Gasteiger partial charge in [-0.2, -0.15) is 4.99 Å². The van der Waals surface area contributed by atoms with Gasteiger partial charge in [0, 0.05) is 51.4 Å². The van der Waals surface area contributed by atoms with Crippen LogP contribution in [0.25, 0.3) is 0 Å². The number of nitrogens with zero attached hydrogens (tertiary/aromatic N) is 6. The second kappa shape index (κ2) is 14.4. The van der Waals surface area contributed by atoms with Crippen LogP contribution in [0.3, 0.4) is 0 Å². The predicted molar refractivity (Wildman–Crippen MR) is 153 cm³/mol. The molecule has 3 aliphatic rings. The molecular weight excluding hydrogens is 506 g/mol. The van der Waals surface area contributed by atoms with E-state index < -0.39 is 11.6 Å². The Labute approximate surface area is 230 Å². The molecule has 0 amide bonds. The van der Waals surface area contributed by atoms with E-state index in [0.29, 0.717) is 24.0 Å². The van der Waals surface area contributed by atoms with Crippen LogP contribution >= 0.6 is 11.6 Å². The lowest BCUT2D eigenvalue weighted by Crippen LogP contribution is -2.49. The number of likely N-dealkylation sites (N-methyl/N-ethyl adjacent to an activating group) is 1. The first kappa shape index (κ1) is 29.7. The maximum atomic E-state index is 13.8. The number of likely N-dealkylation sites (tertiary alicyclic amines) is 1. The van der Waals surface area contributed by atoms with E-state index >= 15 is 0 Å². The van der Waals surface area contributed by atoms with Crippen molar-refractivity contribution in [1.82, 2.24) is 19.7 Å². The zero-order valence-electron chi connectivity index (χ0n) is 23.1. The van der Waals surface area contributed by atoms with Gasteiger partial charge in [0.15, 0.2) is 11.6 Å². The lowest BCUT2D eigenvalue weighted by atomic mass is 10.1. The Hall–Kier alpha value is -2.84. The summed E-state index contributed by atoms with van der Waals surface area (Å²) in [6.45, 7) is 12.8. The number of hydrogen-bond donors (Lipinski definition) is 0. The fourth-order valence-electron chi connectivity index (χ4n) is 4.57. The summed E-state index contributed by atoms with van der Waals surface area (Å²) in [5.41, 5.74) is 2.21. The molecule has 2 aromatic rings. The first-order valence-corrected chi connectivity index (χ1v) is 13.8. The predicted octanol–water partition coefficient (Wildman–Crippen LogP) is 6.16. The van der Waals surface area contributed by atoms with Crippen molar-refractivity contribution in [3.8, 4) is 0 Å². The summed E-state index contributed by atoms with van der Waals surface area (Å²) in [6, 6.07) is 7.99. The minimum absolute atomic E-state index is 0.360. The number of pyridine rings is 1. The number of aliphatic imine (C=N–C) groups is 2. The molecule has 3 aliphatic heterocycles. The van der Waals surface area contributed by atoms with Crippen LogP contribution < -0.4 is 0 Å². The lowest BCUT2D eigenvalue weighted by molar-refractivity contribution is 0.130. The van der Waals surface area contributed by atoms with Crippen LogP contribution in [0.1, 0.15) is 51.3 Å². The van der Waals surface area contributed by atoms with Crippen molar-refractivity contribution in [3.05, 3.63) is 76.3 Å². The highest BCUT2D eigenvalue weighted by Crippen LogP contribution is 2.23. The summed E-state index contributed by atoms with van der Waals surface area (Å²) in [4.78, 5) is 20.5. The van der Waals surface area contributed by atoms with Gasteiger partial charge in [0.2, 0.25) is 5.96 Å². The van der Waals surface area contributed by atoms with E-state index in [1.165, 1.54) is 6.07 Å². The third-order valence-corrected chi connectivity index (χ3v) is 7.04. The molecule has 0 saturated carbocycles. The standard InChI is InChI=1S/C21H27F2N5.C6H6ClN.C2H6/c1-15-14-26(2)11-12-28(15)20-8-7-19(16-5-6-17(22)18(23)13-16)24-21(25-20)27-9-3-4-10-27;1-5-6(7)3-2-4-8-5;1-2/h5-6,8,13,15H,3-4,7,9-12,14H2,1-2H3;2-4H,1H3;1-2H3. The van der Waals surface area contributed by atoms with Gasteiger partial charge < -0.3 is 14.7 Å². The van der Waals surface area contributed by atoms with E-state index in [-0.39, 0.29) is 0 Å². The minimum Gasteiger partial charge on any atom is -0.351 e.